The molecule has 2 aromatic rings. The molecule has 100 valence electrons. The SMILES string of the molecule is NCCCc1ccc(-c2cc([N+](=O)[O-])ccc2Cl)o1. The molecule has 6 heteroatoms. The quantitative estimate of drug-likeness (QED) is 0.672. The normalized spacial score (nSPS) is 10.6. The fraction of sp³-hybridized carbons (Fsp3) is 0.231. The number of rotatable bonds is 5. The van der Waals surface area contributed by atoms with Crippen molar-refractivity contribution in [1.82, 2.24) is 0 Å². The summed E-state index contributed by atoms with van der Waals surface area (Å²) in [6.45, 7) is 0.591. The van der Waals surface area contributed by atoms with Crippen molar-refractivity contribution >= 4 is 17.3 Å². The first-order valence-corrected chi connectivity index (χ1v) is 6.22. The summed E-state index contributed by atoms with van der Waals surface area (Å²) in [6, 6.07) is 7.87. The van der Waals surface area contributed by atoms with Crippen molar-refractivity contribution in [3.63, 3.8) is 0 Å². The predicted molar refractivity (Wildman–Crippen MR) is 73.2 cm³/mol. The van der Waals surface area contributed by atoms with Gasteiger partial charge in [0.15, 0.2) is 0 Å². The number of aryl methyl sites for hydroxylation is 1. The third kappa shape index (κ3) is 3.13. The molecule has 0 atom stereocenters. The highest BCUT2D eigenvalue weighted by Gasteiger charge is 2.14. The zero-order chi connectivity index (χ0) is 13.8. The number of nitro benzene ring substituents is 1. The minimum absolute atomic E-state index is 0.0145. The van der Waals surface area contributed by atoms with Crippen LogP contribution in [0.5, 0.6) is 0 Å². The third-order valence-electron chi connectivity index (χ3n) is 2.72. The number of furan rings is 1. The van der Waals surface area contributed by atoms with Crippen molar-refractivity contribution in [2.24, 2.45) is 5.73 Å². The topological polar surface area (TPSA) is 82.3 Å². The Kier molecular flexibility index (Phi) is 4.19. The number of nitro groups is 1. The van der Waals surface area contributed by atoms with Gasteiger partial charge in [0.2, 0.25) is 0 Å². The highest BCUT2D eigenvalue weighted by molar-refractivity contribution is 6.33. The van der Waals surface area contributed by atoms with Crippen LogP contribution in [0.3, 0.4) is 0 Å². The Morgan fingerprint density at radius 2 is 2.11 bits per heavy atom. The molecule has 1 aromatic heterocycles. The lowest BCUT2D eigenvalue weighted by Crippen LogP contribution is -1.99. The Morgan fingerprint density at radius 1 is 1.32 bits per heavy atom. The van der Waals surface area contributed by atoms with Gasteiger partial charge in [-0.2, -0.15) is 0 Å². The van der Waals surface area contributed by atoms with Crippen LogP contribution in [0.1, 0.15) is 12.2 Å². The van der Waals surface area contributed by atoms with Gasteiger partial charge in [-0.15, -0.1) is 0 Å². The van der Waals surface area contributed by atoms with Crippen molar-refractivity contribution in [2.45, 2.75) is 12.8 Å². The summed E-state index contributed by atoms with van der Waals surface area (Å²) in [6.07, 6.45) is 1.57. The summed E-state index contributed by atoms with van der Waals surface area (Å²) in [7, 11) is 0. The molecule has 1 aromatic carbocycles. The maximum Gasteiger partial charge on any atom is 0.270 e. The number of benzene rings is 1. The van der Waals surface area contributed by atoms with Crippen molar-refractivity contribution in [1.29, 1.82) is 0 Å². The molecule has 19 heavy (non-hydrogen) atoms. The maximum atomic E-state index is 10.8. The molecule has 5 nitrogen and oxygen atoms in total. The van der Waals surface area contributed by atoms with Crippen LogP contribution >= 0.6 is 11.6 Å². The summed E-state index contributed by atoms with van der Waals surface area (Å²) in [4.78, 5) is 10.3. The van der Waals surface area contributed by atoms with Gasteiger partial charge in [-0.3, -0.25) is 10.1 Å². The van der Waals surface area contributed by atoms with Gasteiger partial charge in [0.25, 0.3) is 5.69 Å². The molecule has 0 spiro atoms. The molecular formula is C13H13ClN2O3. The first-order chi connectivity index (χ1) is 9.11. The van der Waals surface area contributed by atoms with Crippen LogP contribution in [0.15, 0.2) is 34.7 Å². The molecule has 0 aliphatic rings. The number of non-ortho nitro benzene ring substituents is 1. The molecule has 0 bridgehead atoms. The fourth-order valence-corrected chi connectivity index (χ4v) is 1.96. The number of nitrogens with zero attached hydrogens (tertiary/aromatic N) is 1. The second kappa shape index (κ2) is 5.86. The molecule has 0 saturated heterocycles. The van der Waals surface area contributed by atoms with Gasteiger partial charge in [0.05, 0.1) is 9.95 Å². The number of hydrogen-bond acceptors (Lipinski definition) is 4. The molecule has 0 saturated carbocycles. The van der Waals surface area contributed by atoms with Crippen molar-refractivity contribution in [3.05, 3.63) is 51.2 Å². The molecule has 0 amide bonds. The molecule has 0 radical (unpaired) electrons. The van der Waals surface area contributed by atoms with Gasteiger partial charge >= 0.3 is 0 Å². The lowest BCUT2D eigenvalue weighted by molar-refractivity contribution is -0.384. The lowest BCUT2D eigenvalue weighted by atomic mass is 10.1. The van der Waals surface area contributed by atoms with Crippen LogP contribution in [-0.4, -0.2) is 11.5 Å². The van der Waals surface area contributed by atoms with E-state index in [-0.39, 0.29) is 5.69 Å². The fourth-order valence-electron chi connectivity index (χ4n) is 1.75. The molecular weight excluding hydrogens is 268 g/mol. The molecule has 0 aliphatic heterocycles. The largest absolute Gasteiger partial charge is 0.461 e. The van der Waals surface area contributed by atoms with Gasteiger partial charge in [-0.25, -0.2) is 0 Å². The van der Waals surface area contributed by atoms with E-state index in [1.54, 1.807) is 6.07 Å². The highest BCUT2D eigenvalue weighted by atomic mass is 35.5. The zero-order valence-electron chi connectivity index (χ0n) is 10.1. The van der Waals surface area contributed by atoms with Crippen molar-refractivity contribution < 1.29 is 9.34 Å². The molecule has 0 unspecified atom stereocenters. The van der Waals surface area contributed by atoms with E-state index in [1.807, 2.05) is 6.07 Å². The summed E-state index contributed by atoms with van der Waals surface area (Å²) in [5, 5.41) is 11.2. The number of nitrogens with two attached hydrogens (primary N) is 1. The van der Waals surface area contributed by atoms with Crippen LogP contribution in [0.2, 0.25) is 5.02 Å². The van der Waals surface area contributed by atoms with E-state index in [2.05, 4.69) is 0 Å². The Labute approximate surface area is 115 Å². The minimum atomic E-state index is -0.460. The first-order valence-electron chi connectivity index (χ1n) is 5.85. The number of halogens is 1. The van der Waals surface area contributed by atoms with Gasteiger partial charge in [-0.05, 0) is 31.2 Å². The Hall–Kier alpha value is -1.85. The Balaban J connectivity index is 2.32. The van der Waals surface area contributed by atoms with Crippen molar-refractivity contribution in [2.75, 3.05) is 6.54 Å². The van der Waals surface area contributed by atoms with Gasteiger partial charge < -0.3 is 10.2 Å². The smallest absolute Gasteiger partial charge is 0.270 e. The van der Waals surface area contributed by atoms with Gasteiger partial charge in [-0.1, -0.05) is 11.6 Å². The predicted octanol–water partition coefficient (Wildman–Crippen LogP) is 3.40. The van der Waals surface area contributed by atoms with Gasteiger partial charge in [0, 0.05) is 24.1 Å². The zero-order valence-corrected chi connectivity index (χ0v) is 10.9. The standard InChI is InChI=1S/C13H13ClN2O3/c14-12-5-3-9(16(17)18)8-11(12)13-6-4-10(19-13)2-1-7-15/h3-6,8H,1-2,7,15H2. The summed E-state index contributed by atoms with van der Waals surface area (Å²) in [5.41, 5.74) is 5.94. The monoisotopic (exact) mass is 280 g/mol. The average molecular weight is 281 g/mol. The van der Waals surface area contributed by atoms with Crippen LogP contribution < -0.4 is 5.73 Å². The molecule has 1 heterocycles. The van der Waals surface area contributed by atoms with E-state index in [9.17, 15) is 10.1 Å². The highest BCUT2D eigenvalue weighted by Crippen LogP contribution is 2.32. The molecule has 0 fully saturated rings. The van der Waals surface area contributed by atoms with Crippen LogP contribution in [-0.2, 0) is 6.42 Å². The van der Waals surface area contributed by atoms with Crippen LogP contribution in [0, 0.1) is 10.1 Å². The van der Waals surface area contributed by atoms with E-state index >= 15 is 0 Å². The van der Waals surface area contributed by atoms with E-state index in [0.29, 0.717) is 22.9 Å². The van der Waals surface area contributed by atoms with E-state index in [4.69, 9.17) is 21.8 Å². The summed E-state index contributed by atoms with van der Waals surface area (Å²) in [5.74, 6) is 1.32. The average Bonchev–Trinajstić information content (AvgIpc) is 2.85. The second-order valence-electron chi connectivity index (χ2n) is 4.08. The summed E-state index contributed by atoms with van der Waals surface area (Å²) >= 11 is 6.05. The number of hydrogen-bond donors (Lipinski definition) is 1. The van der Waals surface area contributed by atoms with E-state index in [1.165, 1.54) is 18.2 Å². The maximum absolute atomic E-state index is 10.8. The van der Waals surface area contributed by atoms with Crippen molar-refractivity contribution in [3.8, 4) is 11.3 Å². The molecule has 0 aliphatic carbocycles. The van der Waals surface area contributed by atoms with E-state index in [0.717, 1.165) is 18.6 Å². The minimum Gasteiger partial charge on any atom is -0.461 e. The molecule has 2 N–H and O–H groups in total. The lowest BCUT2D eigenvalue weighted by Gasteiger charge is -2.01. The Morgan fingerprint density at radius 3 is 2.79 bits per heavy atom. The Bertz CT molecular complexity index is 595. The third-order valence-corrected chi connectivity index (χ3v) is 3.04. The first kappa shape index (κ1) is 13.6. The van der Waals surface area contributed by atoms with Crippen LogP contribution in [0.25, 0.3) is 11.3 Å². The van der Waals surface area contributed by atoms with Crippen LogP contribution in [0.4, 0.5) is 5.69 Å². The van der Waals surface area contributed by atoms with E-state index < -0.39 is 4.92 Å². The summed E-state index contributed by atoms with van der Waals surface area (Å²) < 4.78 is 5.62. The molecule has 2 rings (SSSR count). The van der Waals surface area contributed by atoms with Gasteiger partial charge in [0.1, 0.15) is 11.5 Å². The second-order valence-corrected chi connectivity index (χ2v) is 4.49.